The summed E-state index contributed by atoms with van der Waals surface area (Å²) in [6.45, 7) is 6.31. The Morgan fingerprint density at radius 3 is 2.66 bits per heavy atom. The Bertz CT molecular complexity index is 1120. The topological polar surface area (TPSA) is 69.8 Å². The third-order valence-corrected chi connectivity index (χ3v) is 6.11. The van der Waals surface area contributed by atoms with Crippen LogP contribution in [-0.4, -0.2) is 25.1 Å². The molecule has 0 unspecified atom stereocenters. The summed E-state index contributed by atoms with van der Waals surface area (Å²) >= 11 is 0. The molecule has 0 aromatic carbocycles. The highest BCUT2D eigenvalue weighted by Crippen LogP contribution is 2.41. The number of carbonyl (C=O) groups excluding carboxylic acids is 1. The van der Waals surface area contributed by atoms with Gasteiger partial charge in [0.25, 0.3) is 0 Å². The largest absolute Gasteiger partial charge is 0.324 e. The highest BCUT2D eigenvalue weighted by molar-refractivity contribution is 5.91. The number of hydrogen-bond donors (Lipinski definition) is 0. The average molecular weight is 393 g/mol. The Labute approximate surface area is 170 Å². The summed E-state index contributed by atoms with van der Waals surface area (Å²) in [6.07, 6.45) is 10.3. The van der Waals surface area contributed by atoms with Crippen molar-refractivity contribution in [1.29, 1.82) is 0 Å². The number of aromatic nitrogens is 4. The maximum absolute atomic E-state index is 12.0. The molecule has 0 N–H and O–H groups in total. The highest BCUT2D eigenvalue weighted by Gasteiger charge is 2.38. The summed E-state index contributed by atoms with van der Waals surface area (Å²) in [4.78, 5) is 28.8. The van der Waals surface area contributed by atoms with Gasteiger partial charge in [-0.05, 0) is 43.9 Å². The van der Waals surface area contributed by atoms with Crippen molar-refractivity contribution in [3.05, 3.63) is 57.8 Å². The zero-order valence-corrected chi connectivity index (χ0v) is 17.4. The maximum Gasteiger partial charge on any atom is 0.211 e. The number of aryl methyl sites for hydroxylation is 2. The van der Waals surface area contributed by atoms with Gasteiger partial charge in [0, 0.05) is 36.5 Å². The smallest absolute Gasteiger partial charge is 0.211 e. The average Bonchev–Trinajstić information content (AvgIpc) is 3.29. The maximum atomic E-state index is 12.0. The molecule has 152 valence electrons. The molecule has 6 nitrogen and oxygen atoms in total. The van der Waals surface area contributed by atoms with Crippen molar-refractivity contribution in [2.45, 2.75) is 71.4 Å². The van der Waals surface area contributed by atoms with Crippen LogP contribution in [0.5, 0.6) is 0 Å². The normalized spacial score (nSPS) is 15.8. The Morgan fingerprint density at radius 1 is 1.21 bits per heavy atom. The molecule has 0 saturated heterocycles. The van der Waals surface area contributed by atoms with E-state index >= 15 is 0 Å². The van der Waals surface area contributed by atoms with E-state index in [0.29, 0.717) is 6.54 Å². The summed E-state index contributed by atoms with van der Waals surface area (Å²) in [7, 11) is 0. The second-order valence-corrected chi connectivity index (χ2v) is 8.32. The lowest BCUT2D eigenvalue weighted by atomic mass is 9.97. The molecule has 3 aromatic rings. The number of hydrogen-bond acceptors (Lipinski definition) is 4. The van der Waals surface area contributed by atoms with Gasteiger partial charge in [0.2, 0.25) is 5.43 Å². The van der Waals surface area contributed by atoms with Gasteiger partial charge in [0.05, 0.1) is 12.1 Å². The molecule has 0 amide bonds. The van der Waals surface area contributed by atoms with Gasteiger partial charge < -0.3 is 4.57 Å². The molecule has 3 aromatic heterocycles. The van der Waals surface area contributed by atoms with Crippen LogP contribution in [0.2, 0.25) is 0 Å². The van der Waals surface area contributed by atoms with E-state index in [1.165, 1.54) is 23.9 Å². The molecule has 29 heavy (non-hydrogen) atoms. The third-order valence-electron chi connectivity index (χ3n) is 6.11. The molecule has 1 aliphatic rings. The number of carbonyl (C=O) groups is 1. The van der Waals surface area contributed by atoms with Crippen molar-refractivity contribution in [3.63, 3.8) is 0 Å². The fraction of sp³-hybridized carbons (Fsp3) is 0.478. The quantitative estimate of drug-likeness (QED) is 0.594. The van der Waals surface area contributed by atoms with Crippen LogP contribution in [0.3, 0.4) is 0 Å². The Morgan fingerprint density at radius 2 is 1.97 bits per heavy atom. The van der Waals surface area contributed by atoms with Crippen molar-refractivity contribution < 1.29 is 4.79 Å². The van der Waals surface area contributed by atoms with Crippen LogP contribution >= 0.6 is 0 Å². The molecule has 3 heterocycles. The first-order valence-corrected chi connectivity index (χ1v) is 10.5. The molecule has 0 bridgehead atoms. The van der Waals surface area contributed by atoms with Crippen LogP contribution in [0.4, 0.5) is 0 Å². The number of pyridine rings is 1. The SMILES string of the molecule is CCCc1ccc2c(C)cn(C3(Cn4ccc(=O)c(C(C)=O)n4)CCCC3)c2n1. The number of ketones is 1. The van der Waals surface area contributed by atoms with Crippen molar-refractivity contribution in [3.8, 4) is 0 Å². The summed E-state index contributed by atoms with van der Waals surface area (Å²) in [6, 6.07) is 5.77. The standard InChI is InChI=1S/C23H28N4O2/c1-4-7-18-8-9-19-16(2)14-27(22(19)24-18)23(11-5-6-12-23)15-26-13-10-20(29)21(25-26)17(3)28/h8-10,13-14H,4-7,11-12,15H2,1-3H3. The van der Waals surface area contributed by atoms with Crippen LogP contribution in [-0.2, 0) is 18.5 Å². The highest BCUT2D eigenvalue weighted by atomic mass is 16.1. The second-order valence-electron chi connectivity index (χ2n) is 8.32. The number of Topliss-reactive ketones (excluding diaryl/α,β-unsaturated/α-hetero) is 1. The predicted molar refractivity (Wildman–Crippen MR) is 113 cm³/mol. The van der Waals surface area contributed by atoms with Crippen molar-refractivity contribution in [1.82, 2.24) is 19.3 Å². The third kappa shape index (κ3) is 3.52. The van der Waals surface area contributed by atoms with Crippen molar-refractivity contribution >= 4 is 16.8 Å². The summed E-state index contributed by atoms with van der Waals surface area (Å²) in [5.41, 5.74) is 2.91. The molecular formula is C23H28N4O2. The van der Waals surface area contributed by atoms with Gasteiger partial charge in [-0.1, -0.05) is 26.2 Å². The Balaban J connectivity index is 1.82. The Hall–Kier alpha value is -2.76. The molecule has 6 heteroatoms. The van der Waals surface area contributed by atoms with E-state index in [1.54, 1.807) is 10.9 Å². The molecule has 0 aliphatic heterocycles. The van der Waals surface area contributed by atoms with E-state index in [2.05, 4.69) is 41.8 Å². The number of nitrogens with zero attached hydrogens (tertiary/aromatic N) is 4. The fourth-order valence-electron chi connectivity index (χ4n) is 4.65. The molecule has 1 fully saturated rings. The minimum absolute atomic E-state index is 0.0116. The molecule has 0 atom stereocenters. The summed E-state index contributed by atoms with van der Waals surface area (Å²) in [5.74, 6) is -0.294. The summed E-state index contributed by atoms with van der Waals surface area (Å²) in [5, 5.41) is 5.55. The van der Waals surface area contributed by atoms with Crippen molar-refractivity contribution in [2.24, 2.45) is 0 Å². The van der Waals surface area contributed by atoms with Gasteiger partial charge in [-0.15, -0.1) is 0 Å². The van der Waals surface area contributed by atoms with Crippen LogP contribution in [0.25, 0.3) is 11.0 Å². The van der Waals surface area contributed by atoms with E-state index in [4.69, 9.17) is 4.98 Å². The van der Waals surface area contributed by atoms with Gasteiger partial charge in [-0.2, -0.15) is 5.10 Å². The van der Waals surface area contributed by atoms with Crippen LogP contribution in [0.1, 0.15) is 67.7 Å². The lowest BCUT2D eigenvalue weighted by molar-refractivity contribution is 0.100. The second kappa shape index (κ2) is 7.58. The van der Waals surface area contributed by atoms with E-state index in [-0.39, 0.29) is 22.4 Å². The van der Waals surface area contributed by atoms with E-state index < -0.39 is 0 Å². The first kappa shape index (κ1) is 19.6. The van der Waals surface area contributed by atoms with Crippen LogP contribution in [0, 0.1) is 6.92 Å². The van der Waals surface area contributed by atoms with Gasteiger partial charge in [0.15, 0.2) is 11.5 Å². The molecule has 4 rings (SSSR count). The lowest BCUT2D eigenvalue weighted by Crippen LogP contribution is -2.36. The zero-order valence-electron chi connectivity index (χ0n) is 17.4. The number of fused-ring (bicyclic) bond motifs is 1. The molecule has 0 spiro atoms. The van der Waals surface area contributed by atoms with E-state index in [1.807, 2.05) is 0 Å². The van der Waals surface area contributed by atoms with E-state index in [0.717, 1.165) is 49.9 Å². The molecule has 1 aliphatic carbocycles. The van der Waals surface area contributed by atoms with Crippen LogP contribution < -0.4 is 5.43 Å². The summed E-state index contributed by atoms with van der Waals surface area (Å²) < 4.78 is 4.11. The first-order chi connectivity index (χ1) is 13.9. The fourth-order valence-corrected chi connectivity index (χ4v) is 4.65. The van der Waals surface area contributed by atoms with Crippen LogP contribution in [0.15, 0.2) is 35.4 Å². The molecular weight excluding hydrogens is 364 g/mol. The van der Waals surface area contributed by atoms with E-state index in [9.17, 15) is 9.59 Å². The zero-order chi connectivity index (χ0) is 20.6. The number of rotatable bonds is 6. The van der Waals surface area contributed by atoms with Gasteiger partial charge in [-0.25, -0.2) is 4.98 Å². The molecule has 1 saturated carbocycles. The Kier molecular flexibility index (Phi) is 5.11. The van der Waals surface area contributed by atoms with Gasteiger partial charge in [0.1, 0.15) is 5.65 Å². The predicted octanol–water partition coefficient (Wildman–Crippen LogP) is 4.03. The minimum Gasteiger partial charge on any atom is -0.324 e. The lowest BCUT2D eigenvalue weighted by Gasteiger charge is -2.32. The monoisotopic (exact) mass is 392 g/mol. The van der Waals surface area contributed by atoms with Gasteiger partial charge in [-0.3, -0.25) is 14.3 Å². The van der Waals surface area contributed by atoms with Crippen molar-refractivity contribution in [2.75, 3.05) is 0 Å². The first-order valence-electron chi connectivity index (χ1n) is 10.5. The van der Waals surface area contributed by atoms with Gasteiger partial charge >= 0.3 is 0 Å². The molecule has 0 radical (unpaired) electrons. The minimum atomic E-state index is -0.317.